The van der Waals surface area contributed by atoms with E-state index in [-0.39, 0.29) is 11.0 Å². The fraction of sp³-hybridized carbons (Fsp3) is 0.188. The highest BCUT2D eigenvalue weighted by Gasteiger charge is 2.35. The number of rotatable bonds is 2. The maximum Gasteiger partial charge on any atom is 0.226 e. The van der Waals surface area contributed by atoms with E-state index in [1.165, 1.54) is 33.4 Å². The number of benzene rings is 3. The summed E-state index contributed by atoms with van der Waals surface area (Å²) in [5, 5.41) is 0. The minimum atomic E-state index is -0.182. The van der Waals surface area contributed by atoms with E-state index in [1.54, 1.807) is 0 Å². The molecule has 1 unspecified atom stereocenters. The topological polar surface area (TPSA) is 38.4 Å². The predicted molar refractivity (Wildman–Crippen MR) is 144 cm³/mol. The van der Waals surface area contributed by atoms with Crippen LogP contribution in [0.15, 0.2) is 100.0 Å². The van der Waals surface area contributed by atoms with E-state index in [4.69, 9.17) is 9.40 Å². The lowest BCUT2D eigenvalue weighted by Gasteiger charge is -2.30. The third kappa shape index (κ3) is 2.97. The van der Waals surface area contributed by atoms with Gasteiger partial charge in [-0.2, -0.15) is 0 Å². The molecule has 0 saturated carbocycles. The Labute approximate surface area is 205 Å². The molecular weight excluding hydrogens is 428 g/mol. The molecule has 2 heterocycles. The minimum absolute atomic E-state index is 0.0137. The maximum atomic E-state index is 6.17. The zero-order valence-corrected chi connectivity index (χ0v) is 20.2. The first-order chi connectivity index (χ1) is 16.9. The van der Waals surface area contributed by atoms with E-state index in [1.807, 2.05) is 18.4 Å². The minimum Gasteiger partial charge on any atom is -0.436 e. The number of oxazole rings is 1. The Morgan fingerprint density at radius 3 is 2.57 bits per heavy atom. The molecule has 3 nitrogen and oxygen atoms in total. The van der Waals surface area contributed by atoms with E-state index in [0.717, 1.165) is 28.7 Å². The Hall–Kier alpha value is -3.98. The Morgan fingerprint density at radius 2 is 1.66 bits per heavy atom. The lowest BCUT2D eigenvalue weighted by molar-refractivity contribution is 0.559. The van der Waals surface area contributed by atoms with Gasteiger partial charge in [0.1, 0.15) is 5.52 Å². The predicted octanol–water partition coefficient (Wildman–Crippen LogP) is 7.91. The molecule has 170 valence electrons. The van der Waals surface area contributed by atoms with Crippen LogP contribution in [0.2, 0.25) is 0 Å². The van der Waals surface area contributed by atoms with Crippen LogP contribution in [0, 0.1) is 0 Å². The van der Waals surface area contributed by atoms with Crippen LogP contribution in [-0.2, 0) is 5.41 Å². The van der Waals surface area contributed by atoms with Crippen molar-refractivity contribution in [2.75, 3.05) is 0 Å². The van der Waals surface area contributed by atoms with Crippen molar-refractivity contribution in [1.29, 1.82) is 0 Å². The average molecular weight is 455 g/mol. The molecule has 0 radical (unpaired) electrons. The summed E-state index contributed by atoms with van der Waals surface area (Å²) in [4.78, 5) is 9.55. The quantitative estimate of drug-likeness (QED) is 0.309. The van der Waals surface area contributed by atoms with Gasteiger partial charge >= 0.3 is 0 Å². The van der Waals surface area contributed by atoms with Gasteiger partial charge in [0.25, 0.3) is 0 Å². The number of hydrogen-bond donors (Lipinski definition) is 0. The first kappa shape index (κ1) is 20.4. The molecule has 4 aromatic rings. The molecule has 2 aliphatic carbocycles. The first-order valence-electron chi connectivity index (χ1n) is 12.2. The number of fused-ring (bicyclic) bond motifs is 5. The number of hydrogen-bond acceptors (Lipinski definition) is 3. The van der Waals surface area contributed by atoms with Crippen LogP contribution in [0.3, 0.4) is 0 Å². The third-order valence-corrected chi connectivity index (χ3v) is 7.93. The van der Waals surface area contributed by atoms with Crippen molar-refractivity contribution >= 4 is 22.9 Å². The van der Waals surface area contributed by atoms with Crippen molar-refractivity contribution in [3.8, 4) is 22.3 Å². The molecule has 35 heavy (non-hydrogen) atoms. The number of aliphatic imine (C=N–C) groups is 1. The molecule has 0 N–H and O–H groups in total. The molecule has 1 aliphatic heterocycles. The molecule has 0 amide bonds. The van der Waals surface area contributed by atoms with Crippen molar-refractivity contribution in [3.05, 3.63) is 108 Å². The molecule has 7 rings (SSSR count). The lowest BCUT2D eigenvalue weighted by atomic mass is 9.81. The highest BCUT2D eigenvalue weighted by Crippen LogP contribution is 2.49. The molecule has 0 spiro atoms. The van der Waals surface area contributed by atoms with Gasteiger partial charge in [0.2, 0.25) is 5.89 Å². The summed E-state index contributed by atoms with van der Waals surface area (Å²) in [6.45, 7) is 6.80. The monoisotopic (exact) mass is 454 g/mol. The van der Waals surface area contributed by atoms with Crippen LogP contribution < -0.4 is 0 Å². The van der Waals surface area contributed by atoms with Crippen molar-refractivity contribution < 1.29 is 4.42 Å². The fourth-order valence-electron chi connectivity index (χ4n) is 5.78. The third-order valence-electron chi connectivity index (χ3n) is 7.93. The number of allylic oxidation sites excluding steroid dienone is 3. The summed E-state index contributed by atoms with van der Waals surface area (Å²) in [6.07, 6.45) is 11.2. The summed E-state index contributed by atoms with van der Waals surface area (Å²) in [5.41, 5.74) is 11.5. The number of aromatic nitrogens is 1. The van der Waals surface area contributed by atoms with Crippen molar-refractivity contribution in [3.63, 3.8) is 0 Å². The van der Waals surface area contributed by atoms with Gasteiger partial charge in [-0.15, -0.1) is 0 Å². The van der Waals surface area contributed by atoms with Crippen molar-refractivity contribution in [1.82, 2.24) is 4.98 Å². The Morgan fingerprint density at radius 1 is 0.857 bits per heavy atom. The number of nitrogens with zero attached hydrogens (tertiary/aromatic N) is 2. The van der Waals surface area contributed by atoms with Crippen LogP contribution in [0.5, 0.6) is 0 Å². The Bertz CT molecular complexity index is 1660. The van der Waals surface area contributed by atoms with Gasteiger partial charge in [-0.25, -0.2) is 4.98 Å². The fourth-order valence-corrected chi connectivity index (χ4v) is 5.78. The molecular formula is C32H26N2O. The van der Waals surface area contributed by atoms with Gasteiger partial charge in [-0.3, -0.25) is 4.99 Å². The Balaban J connectivity index is 1.26. The van der Waals surface area contributed by atoms with Gasteiger partial charge in [0.15, 0.2) is 5.58 Å². The van der Waals surface area contributed by atoms with Crippen LogP contribution >= 0.6 is 0 Å². The van der Waals surface area contributed by atoms with E-state index < -0.39 is 0 Å². The average Bonchev–Trinajstić information content (AvgIpc) is 3.40. The molecule has 1 aromatic heterocycles. The summed E-state index contributed by atoms with van der Waals surface area (Å²) >= 11 is 0. The first-order valence-corrected chi connectivity index (χ1v) is 12.2. The van der Waals surface area contributed by atoms with Crippen LogP contribution in [0.4, 0.5) is 0 Å². The van der Waals surface area contributed by atoms with Gasteiger partial charge in [0.05, 0.1) is 5.54 Å². The standard InChI is InChI=1S/C32H26N2O/c1-31(2)26-9-5-4-8-24(26)25-12-10-20(18-27(25)31)21-11-13-29-28(19-21)34-30(35-29)22-14-15-32(3)23(17-22)7-6-16-33-32/h4-14,16-19H,15H2,1-3H3. The molecule has 3 heteroatoms. The summed E-state index contributed by atoms with van der Waals surface area (Å²) in [5.74, 6) is 0.667. The lowest BCUT2D eigenvalue weighted by Crippen LogP contribution is -2.27. The second-order valence-electron chi connectivity index (χ2n) is 10.5. The second-order valence-corrected chi connectivity index (χ2v) is 10.5. The van der Waals surface area contributed by atoms with E-state index in [0.29, 0.717) is 5.89 Å². The van der Waals surface area contributed by atoms with Gasteiger partial charge < -0.3 is 4.42 Å². The zero-order valence-electron chi connectivity index (χ0n) is 20.2. The van der Waals surface area contributed by atoms with Crippen molar-refractivity contribution in [2.45, 2.75) is 38.1 Å². The normalized spacial score (nSPS) is 21.3. The smallest absolute Gasteiger partial charge is 0.226 e. The summed E-state index contributed by atoms with van der Waals surface area (Å²) in [6, 6.07) is 21.9. The highest BCUT2D eigenvalue weighted by atomic mass is 16.3. The van der Waals surface area contributed by atoms with Crippen molar-refractivity contribution in [2.24, 2.45) is 4.99 Å². The summed E-state index contributed by atoms with van der Waals surface area (Å²) < 4.78 is 6.17. The zero-order chi connectivity index (χ0) is 23.8. The second kappa shape index (κ2) is 7.02. The molecule has 0 fully saturated rings. The number of dihydropyridines is 1. The van der Waals surface area contributed by atoms with Gasteiger partial charge in [-0.1, -0.05) is 68.5 Å². The largest absolute Gasteiger partial charge is 0.436 e. The SMILES string of the molecule is CC12CC=C(c3nc4cc(-c5ccc6c(c5)C(C)(C)c5ccccc5-6)ccc4o3)C=C1C=CC=N2. The summed E-state index contributed by atoms with van der Waals surface area (Å²) in [7, 11) is 0. The molecule has 3 aromatic carbocycles. The van der Waals surface area contributed by atoms with Crippen LogP contribution in [0.1, 0.15) is 44.2 Å². The van der Waals surface area contributed by atoms with Crippen LogP contribution in [-0.4, -0.2) is 16.7 Å². The van der Waals surface area contributed by atoms with E-state index >= 15 is 0 Å². The van der Waals surface area contributed by atoms with E-state index in [2.05, 4.69) is 98.6 Å². The molecule has 0 saturated heterocycles. The molecule has 0 bridgehead atoms. The van der Waals surface area contributed by atoms with Crippen LogP contribution in [0.25, 0.3) is 38.9 Å². The Kier molecular flexibility index (Phi) is 4.09. The molecule has 1 atom stereocenters. The van der Waals surface area contributed by atoms with Gasteiger partial charge in [0, 0.05) is 17.2 Å². The molecule has 3 aliphatic rings. The van der Waals surface area contributed by atoms with Gasteiger partial charge in [-0.05, 0) is 82.6 Å². The van der Waals surface area contributed by atoms with E-state index in [9.17, 15) is 0 Å². The highest BCUT2D eigenvalue weighted by molar-refractivity contribution is 5.87. The maximum absolute atomic E-state index is 6.17.